The largest absolute Gasteiger partial charge is 0.349 e. The molecule has 3 aromatic carbocycles. The summed E-state index contributed by atoms with van der Waals surface area (Å²) in [5.74, 6) is -0.441. The van der Waals surface area contributed by atoms with E-state index in [4.69, 9.17) is 0 Å². The fraction of sp³-hybridized carbons (Fsp3) is 0.185. The van der Waals surface area contributed by atoms with Crippen LogP contribution in [0.5, 0.6) is 0 Å². The van der Waals surface area contributed by atoms with Crippen molar-refractivity contribution in [3.05, 3.63) is 114 Å². The van der Waals surface area contributed by atoms with Gasteiger partial charge in [0.2, 0.25) is 5.91 Å². The second-order valence-corrected chi connectivity index (χ2v) is 7.73. The number of nitrogens with one attached hydrogen (secondary N) is 2. The minimum atomic E-state index is -0.334. The highest BCUT2D eigenvalue weighted by Crippen LogP contribution is 2.20. The monoisotopic (exact) mass is 445 g/mol. The smallest absolute Gasteiger partial charge is 0.322 e. The Kier molecular flexibility index (Phi) is 8.36. The van der Waals surface area contributed by atoms with Crippen LogP contribution in [0.25, 0.3) is 0 Å². The van der Waals surface area contributed by atoms with Crippen LogP contribution in [0.15, 0.2) is 91.5 Å². The van der Waals surface area contributed by atoms with Gasteiger partial charge in [0.05, 0.1) is 19.0 Å². The normalized spacial score (nSPS) is 11.3. The second-order valence-electron chi connectivity index (χ2n) is 7.73. The third-order valence-electron chi connectivity index (χ3n) is 5.16. The van der Waals surface area contributed by atoms with Crippen LogP contribution in [0.3, 0.4) is 0 Å². The Balaban J connectivity index is 1.74. The Morgan fingerprint density at radius 1 is 1.00 bits per heavy atom. The van der Waals surface area contributed by atoms with Gasteiger partial charge in [0, 0.05) is 12.2 Å². The molecule has 33 heavy (non-hydrogen) atoms. The first-order valence-electron chi connectivity index (χ1n) is 10.8. The number of rotatable bonds is 9. The summed E-state index contributed by atoms with van der Waals surface area (Å²) in [5.41, 5.74) is 3.24. The number of anilines is 1. The zero-order valence-corrected chi connectivity index (χ0v) is 18.6. The molecule has 3 amide bonds. The van der Waals surface area contributed by atoms with E-state index in [-0.39, 0.29) is 36.8 Å². The van der Waals surface area contributed by atoms with Gasteiger partial charge in [-0.3, -0.25) is 9.69 Å². The summed E-state index contributed by atoms with van der Waals surface area (Å²) in [6.45, 7) is 6.15. The quantitative estimate of drug-likeness (QED) is 0.448. The molecule has 170 valence electrons. The molecule has 0 bridgehead atoms. The van der Waals surface area contributed by atoms with Crippen LogP contribution in [0.4, 0.5) is 14.9 Å². The molecule has 0 aliphatic rings. The Labute approximate surface area is 193 Å². The highest BCUT2D eigenvalue weighted by atomic mass is 19.1. The lowest BCUT2D eigenvalue weighted by Gasteiger charge is -2.24. The summed E-state index contributed by atoms with van der Waals surface area (Å²) in [6.07, 6.45) is 1.78. The lowest BCUT2D eigenvalue weighted by molar-refractivity contribution is -0.121. The molecule has 0 saturated carbocycles. The summed E-state index contributed by atoms with van der Waals surface area (Å²) in [6, 6.07) is 22.7. The van der Waals surface area contributed by atoms with Gasteiger partial charge >= 0.3 is 6.03 Å². The van der Waals surface area contributed by atoms with Gasteiger partial charge in [0.15, 0.2) is 0 Å². The van der Waals surface area contributed by atoms with Crippen molar-refractivity contribution in [3.63, 3.8) is 0 Å². The van der Waals surface area contributed by atoms with E-state index in [0.717, 1.165) is 16.7 Å². The molecule has 0 fully saturated rings. The standard InChI is InChI=1S/C27H28FN3O2/c1-3-16-29-27(33)31(19-21-12-14-24(28)15-13-21)25-11-7-8-22(17-25)18-26(32)30-20(2)23-9-5-4-6-10-23/h3-15,17,20H,1,16,18-19H2,2H3,(H,29,33)(H,30,32)/t20-/m1/s1. The van der Waals surface area contributed by atoms with Crippen LogP contribution in [0.1, 0.15) is 29.7 Å². The molecule has 0 heterocycles. The van der Waals surface area contributed by atoms with Crippen molar-refractivity contribution in [2.24, 2.45) is 0 Å². The first-order chi connectivity index (χ1) is 16.0. The van der Waals surface area contributed by atoms with E-state index in [1.54, 1.807) is 23.1 Å². The summed E-state index contributed by atoms with van der Waals surface area (Å²) in [5, 5.41) is 5.79. The Morgan fingerprint density at radius 2 is 1.73 bits per heavy atom. The van der Waals surface area contributed by atoms with Crippen molar-refractivity contribution in [3.8, 4) is 0 Å². The predicted octanol–water partition coefficient (Wildman–Crippen LogP) is 5.15. The third-order valence-corrected chi connectivity index (χ3v) is 5.16. The maximum absolute atomic E-state index is 13.3. The minimum absolute atomic E-state index is 0.107. The minimum Gasteiger partial charge on any atom is -0.349 e. The number of urea groups is 1. The highest BCUT2D eigenvalue weighted by Gasteiger charge is 2.17. The summed E-state index contributed by atoms with van der Waals surface area (Å²) in [4.78, 5) is 27.0. The van der Waals surface area contributed by atoms with Crippen LogP contribution in [0.2, 0.25) is 0 Å². The predicted molar refractivity (Wildman–Crippen MR) is 129 cm³/mol. The van der Waals surface area contributed by atoms with Gasteiger partial charge in [-0.25, -0.2) is 9.18 Å². The van der Waals surface area contributed by atoms with E-state index < -0.39 is 0 Å². The zero-order chi connectivity index (χ0) is 23.6. The van der Waals surface area contributed by atoms with Crippen molar-refractivity contribution in [1.82, 2.24) is 10.6 Å². The van der Waals surface area contributed by atoms with Gasteiger partial charge in [-0.15, -0.1) is 6.58 Å². The number of carbonyl (C=O) groups is 2. The number of hydrogen-bond acceptors (Lipinski definition) is 2. The zero-order valence-electron chi connectivity index (χ0n) is 18.6. The molecule has 0 unspecified atom stereocenters. The maximum atomic E-state index is 13.3. The number of benzene rings is 3. The van der Waals surface area contributed by atoms with Crippen molar-refractivity contribution in [2.75, 3.05) is 11.4 Å². The number of hydrogen-bond donors (Lipinski definition) is 2. The third kappa shape index (κ3) is 7.04. The molecule has 3 rings (SSSR count). The van der Waals surface area contributed by atoms with Gasteiger partial charge in [0.1, 0.15) is 5.82 Å². The van der Waals surface area contributed by atoms with E-state index in [1.165, 1.54) is 12.1 Å². The average molecular weight is 446 g/mol. The number of amides is 3. The Bertz CT molecular complexity index is 1080. The molecule has 0 radical (unpaired) electrons. The van der Waals surface area contributed by atoms with Crippen LogP contribution in [-0.2, 0) is 17.8 Å². The fourth-order valence-corrected chi connectivity index (χ4v) is 3.44. The Hall–Kier alpha value is -3.93. The van der Waals surface area contributed by atoms with E-state index in [2.05, 4.69) is 17.2 Å². The van der Waals surface area contributed by atoms with Crippen LogP contribution >= 0.6 is 0 Å². The second kappa shape index (κ2) is 11.6. The van der Waals surface area contributed by atoms with Crippen LogP contribution in [0, 0.1) is 5.82 Å². The van der Waals surface area contributed by atoms with Crippen LogP contribution in [-0.4, -0.2) is 18.5 Å². The molecule has 0 aromatic heterocycles. The Morgan fingerprint density at radius 3 is 2.42 bits per heavy atom. The van der Waals surface area contributed by atoms with E-state index in [1.807, 2.05) is 61.5 Å². The van der Waals surface area contributed by atoms with Gasteiger partial charge in [-0.1, -0.05) is 60.7 Å². The maximum Gasteiger partial charge on any atom is 0.322 e. The molecule has 3 aromatic rings. The van der Waals surface area contributed by atoms with Crippen LogP contribution < -0.4 is 15.5 Å². The number of carbonyl (C=O) groups excluding carboxylic acids is 2. The molecule has 0 aliphatic carbocycles. The number of halogens is 1. The topological polar surface area (TPSA) is 61.4 Å². The number of nitrogens with zero attached hydrogens (tertiary/aromatic N) is 1. The summed E-state index contributed by atoms with van der Waals surface area (Å²) < 4.78 is 13.3. The lowest BCUT2D eigenvalue weighted by Crippen LogP contribution is -2.39. The molecule has 0 aliphatic heterocycles. The van der Waals surface area contributed by atoms with Crippen molar-refractivity contribution in [1.29, 1.82) is 0 Å². The van der Waals surface area contributed by atoms with Gasteiger partial charge in [-0.05, 0) is 47.9 Å². The fourth-order valence-electron chi connectivity index (χ4n) is 3.44. The molecule has 1 atom stereocenters. The summed E-state index contributed by atoms with van der Waals surface area (Å²) >= 11 is 0. The molecule has 6 heteroatoms. The van der Waals surface area contributed by atoms with Gasteiger partial charge in [0.25, 0.3) is 0 Å². The van der Waals surface area contributed by atoms with Crippen molar-refractivity contribution >= 4 is 17.6 Å². The SMILES string of the molecule is C=CCNC(=O)N(Cc1ccc(F)cc1)c1cccc(CC(=O)N[C@H](C)c2ccccc2)c1. The molecule has 2 N–H and O–H groups in total. The van der Waals surface area contributed by atoms with E-state index >= 15 is 0 Å². The first-order valence-corrected chi connectivity index (χ1v) is 10.8. The molecule has 0 saturated heterocycles. The molecular weight excluding hydrogens is 417 g/mol. The molecule has 0 spiro atoms. The van der Waals surface area contributed by atoms with Crippen molar-refractivity contribution < 1.29 is 14.0 Å². The average Bonchev–Trinajstić information content (AvgIpc) is 2.82. The summed E-state index contributed by atoms with van der Waals surface area (Å²) in [7, 11) is 0. The van der Waals surface area contributed by atoms with Crippen molar-refractivity contribution in [2.45, 2.75) is 25.9 Å². The van der Waals surface area contributed by atoms with E-state index in [0.29, 0.717) is 12.2 Å². The highest BCUT2D eigenvalue weighted by molar-refractivity contribution is 5.92. The molecule has 5 nitrogen and oxygen atoms in total. The van der Waals surface area contributed by atoms with Gasteiger partial charge < -0.3 is 10.6 Å². The lowest BCUT2D eigenvalue weighted by atomic mass is 10.1. The first kappa shape index (κ1) is 23.7. The molecular formula is C27H28FN3O2. The van der Waals surface area contributed by atoms with E-state index in [9.17, 15) is 14.0 Å². The van der Waals surface area contributed by atoms with Gasteiger partial charge in [-0.2, -0.15) is 0 Å².